The summed E-state index contributed by atoms with van der Waals surface area (Å²) in [6.07, 6.45) is 5.78. The Hall–Kier alpha value is -0.240. The monoisotopic (exact) mass is 240 g/mol. The minimum atomic E-state index is 0.230. The van der Waals surface area contributed by atoms with Gasteiger partial charge >= 0.3 is 0 Å². The first-order valence-electron chi connectivity index (χ1n) is 6.33. The first-order valence-corrected chi connectivity index (χ1v) is 7.31. The molecule has 2 atom stereocenters. The predicted octanol–water partition coefficient (Wildman–Crippen LogP) is 4.28. The molecule has 2 heteroatoms. The van der Waals surface area contributed by atoms with Gasteiger partial charge in [-0.05, 0) is 38.0 Å². The smallest absolute Gasteiger partial charge is 0.192 e. The van der Waals surface area contributed by atoms with Crippen molar-refractivity contribution in [2.24, 2.45) is 17.8 Å². The van der Waals surface area contributed by atoms with Gasteiger partial charge in [0.15, 0.2) is 5.12 Å². The molecular weight excluding hydrogens is 216 g/mol. The van der Waals surface area contributed by atoms with Crippen molar-refractivity contribution in [3.8, 4) is 0 Å². The van der Waals surface area contributed by atoms with E-state index in [-0.39, 0.29) is 5.92 Å². The fourth-order valence-electron chi connectivity index (χ4n) is 2.01. The van der Waals surface area contributed by atoms with Gasteiger partial charge in [-0.15, -0.1) is 0 Å². The van der Waals surface area contributed by atoms with Crippen LogP contribution < -0.4 is 0 Å². The average Bonchev–Trinajstić information content (AvgIpc) is 2.26. The molecule has 2 unspecified atom stereocenters. The maximum absolute atomic E-state index is 12.0. The van der Waals surface area contributed by atoms with Crippen LogP contribution in [0, 0.1) is 17.8 Å². The molecule has 0 fully saturated rings. The molecular formula is C14H24OS. The number of hydrogen-bond donors (Lipinski definition) is 0. The SMILES string of the molecule is CC1=CCC(C(C)C(=O)SCC(C)C)CC1. The Morgan fingerprint density at radius 1 is 1.50 bits per heavy atom. The van der Waals surface area contributed by atoms with Gasteiger partial charge in [0.25, 0.3) is 0 Å². The van der Waals surface area contributed by atoms with Crippen LogP contribution in [-0.4, -0.2) is 10.9 Å². The Bertz CT molecular complexity index is 268. The average molecular weight is 240 g/mol. The third-order valence-electron chi connectivity index (χ3n) is 3.32. The Labute approximate surface area is 104 Å². The zero-order valence-electron chi connectivity index (χ0n) is 11.0. The quantitative estimate of drug-likeness (QED) is 0.682. The number of allylic oxidation sites excluding steroid dienone is 2. The van der Waals surface area contributed by atoms with Gasteiger partial charge in [-0.2, -0.15) is 0 Å². The van der Waals surface area contributed by atoms with Crippen LogP contribution in [0.4, 0.5) is 0 Å². The number of carbonyl (C=O) groups is 1. The van der Waals surface area contributed by atoms with Crippen LogP contribution in [0.3, 0.4) is 0 Å². The number of hydrogen-bond acceptors (Lipinski definition) is 2. The van der Waals surface area contributed by atoms with E-state index < -0.39 is 0 Å². The second kappa shape index (κ2) is 6.48. The molecule has 1 nitrogen and oxygen atoms in total. The van der Waals surface area contributed by atoms with Crippen LogP contribution in [-0.2, 0) is 4.79 Å². The predicted molar refractivity (Wildman–Crippen MR) is 72.6 cm³/mol. The van der Waals surface area contributed by atoms with Crippen LogP contribution in [0.1, 0.15) is 47.0 Å². The highest BCUT2D eigenvalue weighted by molar-refractivity contribution is 8.13. The van der Waals surface area contributed by atoms with E-state index in [4.69, 9.17) is 0 Å². The van der Waals surface area contributed by atoms with E-state index in [9.17, 15) is 4.79 Å². The van der Waals surface area contributed by atoms with Crippen LogP contribution in [0.15, 0.2) is 11.6 Å². The third-order valence-corrected chi connectivity index (χ3v) is 4.81. The summed E-state index contributed by atoms with van der Waals surface area (Å²) in [5.41, 5.74) is 1.49. The van der Waals surface area contributed by atoms with Crippen molar-refractivity contribution >= 4 is 16.9 Å². The first kappa shape index (κ1) is 13.8. The second-order valence-electron chi connectivity index (χ2n) is 5.40. The highest BCUT2D eigenvalue weighted by atomic mass is 32.2. The zero-order chi connectivity index (χ0) is 12.1. The molecule has 0 saturated heterocycles. The van der Waals surface area contributed by atoms with Gasteiger partial charge in [-0.3, -0.25) is 4.79 Å². The summed E-state index contributed by atoms with van der Waals surface area (Å²) in [5, 5.41) is 0.395. The lowest BCUT2D eigenvalue weighted by atomic mass is 9.82. The minimum Gasteiger partial charge on any atom is -0.287 e. The van der Waals surface area contributed by atoms with Crippen molar-refractivity contribution in [1.82, 2.24) is 0 Å². The maximum Gasteiger partial charge on any atom is 0.192 e. The van der Waals surface area contributed by atoms with Crippen LogP contribution in [0.5, 0.6) is 0 Å². The topological polar surface area (TPSA) is 17.1 Å². The molecule has 0 radical (unpaired) electrons. The maximum atomic E-state index is 12.0. The van der Waals surface area contributed by atoms with Gasteiger partial charge < -0.3 is 0 Å². The molecule has 0 heterocycles. The standard InChI is InChI=1S/C14H24OS/c1-10(2)9-16-14(15)12(4)13-7-5-11(3)6-8-13/h5,10,12-13H,6-9H2,1-4H3. The molecule has 0 spiro atoms. The summed E-state index contributed by atoms with van der Waals surface area (Å²) in [4.78, 5) is 12.0. The molecule has 92 valence electrons. The Balaban J connectivity index is 2.39. The van der Waals surface area contributed by atoms with Gasteiger partial charge in [-0.1, -0.05) is 44.2 Å². The van der Waals surface area contributed by atoms with Crippen molar-refractivity contribution in [3.63, 3.8) is 0 Å². The van der Waals surface area contributed by atoms with Crippen LogP contribution in [0.2, 0.25) is 0 Å². The minimum absolute atomic E-state index is 0.230. The number of rotatable bonds is 4. The van der Waals surface area contributed by atoms with Crippen LogP contribution >= 0.6 is 11.8 Å². The van der Waals surface area contributed by atoms with Crippen molar-refractivity contribution in [3.05, 3.63) is 11.6 Å². The molecule has 0 aromatic carbocycles. The third kappa shape index (κ3) is 4.32. The molecule has 0 aliphatic heterocycles. The summed E-state index contributed by atoms with van der Waals surface area (Å²) < 4.78 is 0. The molecule has 1 aliphatic carbocycles. The lowest BCUT2D eigenvalue weighted by molar-refractivity contribution is -0.115. The Morgan fingerprint density at radius 2 is 2.19 bits per heavy atom. The summed E-state index contributed by atoms with van der Waals surface area (Å²) >= 11 is 1.53. The molecule has 1 aliphatic rings. The molecule has 0 bridgehead atoms. The molecule has 1 rings (SSSR count). The van der Waals surface area contributed by atoms with E-state index in [1.807, 2.05) is 0 Å². The van der Waals surface area contributed by atoms with E-state index in [0.29, 0.717) is 17.0 Å². The van der Waals surface area contributed by atoms with Crippen molar-refractivity contribution in [1.29, 1.82) is 0 Å². The fraction of sp³-hybridized carbons (Fsp3) is 0.786. The lowest BCUT2D eigenvalue weighted by Crippen LogP contribution is -2.21. The Kier molecular flexibility index (Phi) is 5.60. The molecule has 0 N–H and O–H groups in total. The van der Waals surface area contributed by atoms with E-state index >= 15 is 0 Å². The van der Waals surface area contributed by atoms with Crippen molar-refractivity contribution in [2.75, 3.05) is 5.75 Å². The summed E-state index contributed by atoms with van der Waals surface area (Å²) in [5.74, 6) is 2.38. The lowest BCUT2D eigenvalue weighted by Gasteiger charge is -2.25. The van der Waals surface area contributed by atoms with E-state index in [2.05, 4.69) is 33.8 Å². The van der Waals surface area contributed by atoms with Crippen LogP contribution in [0.25, 0.3) is 0 Å². The fourth-order valence-corrected chi connectivity index (χ4v) is 2.97. The zero-order valence-corrected chi connectivity index (χ0v) is 11.8. The van der Waals surface area contributed by atoms with E-state index in [0.717, 1.165) is 12.2 Å². The molecule has 16 heavy (non-hydrogen) atoms. The second-order valence-corrected chi connectivity index (χ2v) is 6.42. The molecule has 0 saturated carbocycles. The highest BCUT2D eigenvalue weighted by Crippen LogP contribution is 2.32. The molecule has 0 aromatic rings. The van der Waals surface area contributed by atoms with E-state index in [1.54, 1.807) is 0 Å². The van der Waals surface area contributed by atoms with E-state index in [1.165, 1.54) is 30.2 Å². The normalized spacial score (nSPS) is 23.1. The summed E-state index contributed by atoms with van der Waals surface area (Å²) in [7, 11) is 0. The molecule has 0 aromatic heterocycles. The number of thioether (sulfide) groups is 1. The first-order chi connectivity index (χ1) is 7.50. The van der Waals surface area contributed by atoms with Gasteiger partial charge in [-0.25, -0.2) is 0 Å². The van der Waals surface area contributed by atoms with Crippen molar-refractivity contribution in [2.45, 2.75) is 47.0 Å². The van der Waals surface area contributed by atoms with Gasteiger partial charge in [0.1, 0.15) is 0 Å². The summed E-state index contributed by atoms with van der Waals surface area (Å²) in [6.45, 7) is 8.63. The summed E-state index contributed by atoms with van der Waals surface area (Å²) in [6, 6.07) is 0. The largest absolute Gasteiger partial charge is 0.287 e. The number of carbonyl (C=O) groups excluding carboxylic acids is 1. The molecule has 0 amide bonds. The van der Waals surface area contributed by atoms with Gasteiger partial charge in [0, 0.05) is 11.7 Å². The van der Waals surface area contributed by atoms with Gasteiger partial charge in [0.2, 0.25) is 0 Å². The Morgan fingerprint density at radius 3 is 2.69 bits per heavy atom. The van der Waals surface area contributed by atoms with Gasteiger partial charge in [0.05, 0.1) is 0 Å². The highest BCUT2D eigenvalue weighted by Gasteiger charge is 2.25. The van der Waals surface area contributed by atoms with Crippen molar-refractivity contribution < 1.29 is 4.79 Å².